The van der Waals surface area contributed by atoms with Crippen LogP contribution in [-0.4, -0.2) is 0 Å². The Morgan fingerprint density at radius 1 is 1.00 bits per heavy atom. The van der Waals surface area contributed by atoms with Gasteiger partial charge in [0, 0.05) is 0 Å². The average Bonchev–Trinajstić information content (AvgIpc) is 2.16. The van der Waals surface area contributed by atoms with E-state index in [4.69, 9.17) is 0 Å². The van der Waals surface area contributed by atoms with Crippen LogP contribution in [0.15, 0.2) is 24.3 Å². The summed E-state index contributed by atoms with van der Waals surface area (Å²) >= 11 is 0. The lowest BCUT2D eigenvalue weighted by Crippen LogP contribution is -1.94. The Morgan fingerprint density at radius 3 is 1.86 bits per heavy atom. The highest BCUT2D eigenvalue weighted by molar-refractivity contribution is 7.40. The van der Waals surface area contributed by atoms with E-state index in [-0.39, 0.29) is 5.30 Å². The second-order valence-corrected chi connectivity index (χ2v) is 5.19. The van der Waals surface area contributed by atoms with Gasteiger partial charge in [0.1, 0.15) is 0 Å². The second kappa shape index (κ2) is 4.50. The molecule has 74 valence electrons. The Hall–Kier alpha value is -0.980. The van der Waals surface area contributed by atoms with Gasteiger partial charge in [-0.05, 0) is 24.6 Å². The van der Waals surface area contributed by atoms with Crippen LogP contribution < -0.4 is 5.30 Å². The van der Waals surface area contributed by atoms with Crippen molar-refractivity contribution in [2.24, 2.45) is 0 Å². The van der Waals surface area contributed by atoms with Gasteiger partial charge in [0.2, 0.25) is 0 Å². The molecule has 0 amide bonds. The molecule has 14 heavy (non-hydrogen) atoms. The van der Waals surface area contributed by atoms with Crippen molar-refractivity contribution in [3.05, 3.63) is 29.8 Å². The molecular weight excluding hydrogens is 222 g/mol. The van der Waals surface area contributed by atoms with Gasteiger partial charge in [-0.1, -0.05) is 12.1 Å². The van der Waals surface area contributed by atoms with Crippen LogP contribution in [0.5, 0.6) is 0 Å². The van der Waals surface area contributed by atoms with Gasteiger partial charge in [0.25, 0.3) is 0 Å². The molecule has 4 nitrogen and oxygen atoms in total. The zero-order valence-electron chi connectivity index (χ0n) is 7.41. The number of hydrogen-bond acceptors (Lipinski definition) is 4. The van der Waals surface area contributed by atoms with E-state index in [0.717, 1.165) is 0 Å². The van der Waals surface area contributed by atoms with Crippen LogP contribution in [-0.2, 0) is 18.3 Å². The monoisotopic (exact) mass is 230 g/mol. The second-order valence-electron chi connectivity index (χ2n) is 2.81. The van der Waals surface area contributed by atoms with Gasteiger partial charge in [0.15, 0.2) is 0 Å². The molecule has 1 rings (SSSR count). The minimum absolute atomic E-state index is 0.192. The lowest BCUT2D eigenvalue weighted by atomic mass is 10.2. The van der Waals surface area contributed by atoms with Crippen LogP contribution in [0.1, 0.15) is 18.1 Å². The van der Waals surface area contributed by atoms with Crippen LogP contribution in [0.25, 0.3) is 0 Å². The molecule has 0 radical (unpaired) electrons. The van der Waals surface area contributed by atoms with Crippen molar-refractivity contribution in [3.8, 4) is 0 Å². The zero-order valence-corrected chi connectivity index (χ0v) is 9.20. The quantitative estimate of drug-likeness (QED) is 0.748. The summed E-state index contributed by atoms with van der Waals surface area (Å²) < 4.78 is 42.3. The summed E-state index contributed by atoms with van der Waals surface area (Å²) in [5.74, 6) is 0. The minimum Gasteiger partial charge on any atom is -0.237 e. The molecule has 0 bridgehead atoms. The highest BCUT2D eigenvalue weighted by atomic mass is 31.1. The van der Waals surface area contributed by atoms with Gasteiger partial charge in [-0.2, -0.15) is 0 Å². The summed E-state index contributed by atoms with van der Waals surface area (Å²) in [5, 5.41) is 0.192. The fraction of sp³-hybridized carbons (Fsp3) is 0.250. The Morgan fingerprint density at radius 2 is 1.50 bits per heavy atom. The summed E-state index contributed by atoms with van der Waals surface area (Å²) in [5.41, 5.74) is 0.0188. The Kier molecular flexibility index (Phi) is 3.56. The summed E-state index contributed by atoms with van der Waals surface area (Å²) in [6.07, 6.45) is 0. The standard InChI is InChI=1S/C8H8O4P2/c1-6(13(9)10)7-2-4-8(5-3-7)14(11)12/h2-6H,1H3. The normalized spacial score (nSPS) is 12.1. The molecule has 1 aromatic carbocycles. The van der Waals surface area contributed by atoms with Gasteiger partial charge < -0.3 is 0 Å². The predicted octanol–water partition coefficient (Wildman–Crippen LogP) is 2.72. The first-order chi connectivity index (χ1) is 6.52. The van der Waals surface area contributed by atoms with Crippen molar-refractivity contribution in [1.29, 1.82) is 0 Å². The topological polar surface area (TPSA) is 68.3 Å². The number of rotatable bonds is 3. The Labute approximate surface area is 82.0 Å². The average molecular weight is 230 g/mol. The van der Waals surface area contributed by atoms with E-state index in [1.807, 2.05) is 0 Å². The van der Waals surface area contributed by atoms with Crippen molar-refractivity contribution in [2.45, 2.75) is 12.6 Å². The molecule has 0 saturated heterocycles. The van der Waals surface area contributed by atoms with Crippen LogP contribution >= 0.6 is 15.4 Å². The smallest absolute Gasteiger partial charge is 0.237 e. The first kappa shape index (κ1) is 11.1. The Balaban J connectivity index is 3.05. The van der Waals surface area contributed by atoms with Gasteiger partial charge in [-0.15, -0.1) is 0 Å². The predicted molar refractivity (Wildman–Crippen MR) is 51.1 cm³/mol. The molecule has 0 aliphatic carbocycles. The molecule has 0 aliphatic heterocycles. The maximum Gasteiger partial charge on any atom is 0.348 e. The number of benzene rings is 1. The van der Waals surface area contributed by atoms with E-state index in [1.165, 1.54) is 24.3 Å². The van der Waals surface area contributed by atoms with Crippen molar-refractivity contribution in [3.63, 3.8) is 0 Å². The molecule has 0 saturated carbocycles. The summed E-state index contributed by atoms with van der Waals surface area (Å²) in [6, 6.07) is 5.82. The number of hydrogen-bond donors (Lipinski definition) is 0. The molecule has 0 spiro atoms. The third-order valence-corrected chi connectivity index (χ3v) is 3.55. The molecule has 0 heterocycles. The van der Waals surface area contributed by atoms with Crippen LogP contribution in [0.2, 0.25) is 0 Å². The van der Waals surface area contributed by atoms with E-state index < -0.39 is 21.0 Å². The molecule has 1 aromatic rings. The molecule has 1 atom stereocenters. The highest BCUT2D eigenvalue weighted by Gasteiger charge is 2.10. The van der Waals surface area contributed by atoms with Crippen molar-refractivity contribution in [2.75, 3.05) is 0 Å². The first-order valence-corrected chi connectivity index (χ1v) is 6.32. The maximum atomic E-state index is 10.6. The SMILES string of the molecule is CC(c1ccc(P(=O)=O)cc1)P(=O)=O. The van der Waals surface area contributed by atoms with Gasteiger partial charge >= 0.3 is 15.4 Å². The molecule has 1 unspecified atom stereocenters. The summed E-state index contributed by atoms with van der Waals surface area (Å²) in [4.78, 5) is 0. The molecule has 0 fully saturated rings. The van der Waals surface area contributed by atoms with Crippen LogP contribution in [0, 0.1) is 0 Å². The van der Waals surface area contributed by atoms with E-state index in [1.54, 1.807) is 6.92 Å². The molecule has 0 N–H and O–H groups in total. The van der Waals surface area contributed by atoms with Gasteiger partial charge in [-0.25, -0.2) is 18.3 Å². The molecular formula is C8H8O4P2. The van der Waals surface area contributed by atoms with Crippen molar-refractivity contribution in [1.82, 2.24) is 0 Å². The molecule has 0 aromatic heterocycles. The summed E-state index contributed by atoms with van der Waals surface area (Å²) in [7, 11) is -5.11. The highest BCUT2D eigenvalue weighted by Crippen LogP contribution is 2.30. The maximum absolute atomic E-state index is 10.6. The Bertz CT molecular complexity index is 441. The van der Waals surface area contributed by atoms with E-state index in [0.29, 0.717) is 5.56 Å². The van der Waals surface area contributed by atoms with E-state index in [9.17, 15) is 18.3 Å². The van der Waals surface area contributed by atoms with E-state index >= 15 is 0 Å². The van der Waals surface area contributed by atoms with E-state index in [2.05, 4.69) is 0 Å². The van der Waals surface area contributed by atoms with Gasteiger partial charge in [-0.3, -0.25) is 0 Å². The van der Waals surface area contributed by atoms with Crippen LogP contribution in [0.4, 0.5) is 0 Å². The van der Waals surface area contributed by atoms with Crippen molar-refractivity contribution < 1.29 is 18.3 Å². The zero-order chi connectivity index (χ0) is 10.7. The third kappa shape index (κ3) is 2.50. The minimum atomic E-state index is -2.59. The fourth-order valence-corrected chi connectivity index (χ4v) is 1.80. The first-order valence-electron chi connectivity index (χ1n) is 3.90. The van der Waals surface area contributed by atoms with Crippen molar-refractivity contribution >= 4 is 20.7 Å². The summed E-state index contributed by atoms with van der Waals surface area (Å²) in [6.45, 7) is 1.55. The van der Waals surface area contributed by atoms with Crippen LogP contribution in [0.3, 0.4) is 0 Å². The largest absolute Gasteiger partial charge is 0.348 e. The van der Waals surface area contributed by atoms with Gasteiger partial charge in [0.05, 0.1) is 11.0 Å². The molecule has 0 aliphatic rings. The lowest BCUT2D eigenvalue weighted by molar-refractivity contribution is 0.508. The third-order valence-electron chi connectivity index (χ3n) is 1.90. The fourth-order valence-electron chi connectivity index (χ4n) is 0.996. The lowest BCUT2D eigenvalue weighted by Gasteiger charge is -2.01. The molecule has 6 heteroatoms.